The third kappa shape index (κ3) is 3.83. The molecule has 160 valence electrons. The van der Waals surface area contributed by atoms with Crippen molar-refractivity contribution in [1.29, 1.82) is 0 Å². The highest BCUT2D eigenvalue weighted by atomic mass is 35.5. The van der Waals surface area contributed by atoms with Gasteiger partial charge in [0.25, 0.3) is 5.91 Å². The number of carbonyl (C=O) groups is 2. The number of likely N-dealkylation sites (tertiary alicyclic amines) is 1. The molecule has 1 saturated heterocycles. The van der Waals surface area contributed by atoms with Gasteiger partial charge in [0.05, 0.1) is 17.7 Å². The predicted octanol–water partition coefficient (Wildman–Crippen LogP) is 3.31. The maximum absolute atomic E-state index is 13.3. The van der Waals surface area contributed by atoms with E-state index >= 15 is 0 Å². The molecule has 30 heavy (non-hydrogen) atoms. The number of amides is 2. The Labute approximate surface area is 182 Å². The molecule has 4 rings (SSSR count). The van der Waals surface area contributed by atoms with Gasteiger partial charge in [0.15, 0.2) is 5.69 Å². The van der Waals surface area contributed by atoms with Crippen LogP contribution in [0.2, 0.25) is 5.02 Å². The Balaban J connectivity index is 1.38. The molecule has 0 unspecified atom stereocenters. The van der Waals surface area contributed by atoms with E-state index in [2.05, 4.69) is 10.3 Å². The normalized spacial score (nSPS) is 18.3. The smallest absolute Gasteiger partial charge is 0.276 e. The molecule has 2 heterocycles. The zero-order chi connectivity index (χ0) is 21.3. The number of benzene rings is 1. The first-order valence-corrected chi connectivity index (χ1v) is 11.1. The van der Waals surface area contributed by atoms with Gasteiger partial charge in [0, 0.05) is 31.2 Å². The molecule has 1 aromatic carbocycles. The first-order chi connectivity index (χ1) is 14.5. The maximum Gasteiger partial charge on any atom is 0.276 e. The second-order valence-electron chi connectivity index (χ2n) is 8.17. The lowest BCUT2D eigenvalue weighted by Crippen LogP contribution is -2.44. The predicted molar refractivity (Wildman–Crippen MR) is 114 cm³/mol. The Bertz CT molecular complexity index is 910. The summed E-state index contributed by atoms with van der Waals surface area (Å²) in [4.78, 5) is 29.4. The molecule has 2 amide bonds. The van der Waals surface area contributed by atoms with Crippen LogP contribution in [0.25, 0.3) is 0 Å². The van der Waals surface area contributed by atoms with E-state index in [-0.39, 0.29) is 23.3 Å². The average Bonchev–Trinajstić information content (AvgIpc) is 3.43. The van der Waals surface area contributed by atoms with Crippen molar-refractivity contribution in [3.05, 3.63) is 46.7 Å². The summed E-state index contributed by atoms with van der Waals surface area (Å²) in [5.74, 6) is 0.136. The number of piperidine rings is 1. The lowest BCUT2D eigenvalue weighted by atomic mass is 9.93. The van der Waals surface area contributed by atoms with Crippen molar-refractivity contribution in [1.82, 2.24) is 24.8 Å². The summed E-state index contributed by atoms with van der Waals surface area (Å²) in [5.41, 5.74) is 1.08. The Morgan fingerprint density at radius 1 is 1.13 bits per heavy atom. The van der Waals surface area contributed by atoms with Crippen molar-refractivity contribution in [2.24, 2.45) is 0 Å². The minimum atomic E-state index is -0.367. The van der Waals surface area contributed by atoms with Crippen LogP contribution in [0.1, 0.15) is 61.6 Å². The molecule has 0 radical (unpaired) electrons. The molecule has 0 spiro atoms. The third-order valence-corrected chi connectivity index (χ3v) is 6.71. The van der Waals surface area contributed by atoms with E-state index in [1.54, 1.807) is 15.8 Å². The summed E-state index contributed by atoms with van der Waals surface area (Å²) >= 11 is 6.01. The molecule has 7 nitrogen and oxygen atoms in total. The van der Waals surface area contributed by atoms with Crippen LogP contribution < -0.4 is 0 Å². The topological polar surface area (TPSA) is 71.3 Å². The standard InChI is InChI=1S/C22H28ClN5O2/c1-3-26(4-2)20(29)19-15-28(25-24-19)18-9-13-27(14-10-18)21(30)22(11-12-22)16-5-7-17(23)8-6-16/h5-8,15,18H,3-4,9-14H2,1-2H3. The molecule has 0 N–H and O–H groups in total. The highest BCUT2D eigenvalue weighted by Crippen LogP contribution is 2.50. The lowest BCUT2D eigenvalue weighted by Gasteiger charge is -2.34. The van der Waals surface area contributed by atoms with Crippen LogP contribution in [0.4, 0.5) is 0 Å². The number of carbonyl (C=O) groups excluding carboxylic acids is 2. The summed E-state index contributed by atoms with van der Waals surface area (Å²) < 4.78 is 1.80. The van der Waals surface area contributed by atoms with E-state index in [4.69, 9.17) is 11.6 Å². The van der Waals surface area contributed by atoms with Crippen LogP contribution in [0.15, 0.2) is 30.5 Å². The van der Waals surface area contributed by atoms with Crippen LogP contribution >= 0.6 is 11.6 Å². The van der Waals surface area contributed by atoms with Crippen molar-refractivity contribution >= 4 is 23.4 Å². The van der Waals surface area contributed by atoms with Crippen LogP contribution in [-0.4, -0.2) is 62.8 Å². The fourth-order valence-corrected chi connectivity index (χ4v) is 4.51. The van der Waals surface area contributed by atoms with Crippen molar-refractivity contribution in [3.63, 3.8) is 0 Å². The van der Waals surface area contributed by atoms with Crippen LogP contribution in [0, 0.1) is 0 Å². The van der Waals surface area contributed by atoms with E-state index < -0.39 is 0 Å². The number of hydrogen-bond donors (Lipinski definition) is 0. The van der Waals surface area contributed by atoms with E-state index in [1.165, 1.54) is 0 Å². The molecule has 8 heteroatoms. The van der Waals surface area contributed by atoms with E-state index in [9.17, 15) is 9.59 Å². The zero-order valence-electron chi connectivity index (χ0n) is 17.6. The van der Waals surface area contributed by atoms with Gasteiger partial charge in [0.1, 0.15) is 0 Å². The second-order valence-corrected chi connectivity index (χ2v) is 8.61. The Morgan fingerprint density at radius 2 is 1.77 bits per heavy atom. The van der Waals surface area contributed by atoms with Gasteiger partial charge in [-0.05, 0) is 57.2 Å². The van der Waals surface area contributed by atoms with Gasteiger partial charge < -0.3 is 9.80 Å². The van der Waals surface area contributed by atoms with Crippen molar-refractivity contribution in [2.45, 2.75) is 51.0 Å². The quantitative estimate of drug-likeness (QED) is 0.706. The van der Waals surface area contributed by atoms with E-state index in [0.717, 1.165) is 31.2 Å². The molecule has 0 atom stereocenters. The maximum atomic E-state index is 13.3. The molecule has 0 bridgehead atoms. The molecule has 1 aromatic heterocycles. The van der Waals surface area contributed by atoms with Crippen LogP contribution in [0.3, 0.4) is 0 Å². The fraction of sp³-hybridized carbons (Fsp3) is 0.545. The molecule has 2 fully saturated rings. The zero-order valence-corrected chi connectivity index (χ0v) is 18.3. The summed E-state index contributed by atoms with van der Waals surface area (Å²) in [6.07, 6.45) is 5.16. The largest absolute Gasteiger partial charge is 0.342 e. The second kappa shape index (κ2) is 8.38. The first-order valence-electron chi connectivity index (χ1n) is 10.7. The number of rotatable bonds is 6. The number of hydrogen-bond acceptors (Lipinski definition) is 4. The van der Waals surface area contributed by atoms with Crippen LogP contribution in [0.5, 0.6) is 0 Å². The van der Waals surface area contributed by atoms with Crippen molar-refractivity contribution in [3.8, 4) is 0 Å². The van der Waals surface area contributed by atoms with Gasteiger partial charge in [-0.15, -0.1) is 5.10 Å². The van der Waals surface area contributed by atoms with Gasteiger partial charge >= 0.3 is 0 Å². The lowest BCUT2D eigenvalue weighted by molar-refractivity contribution is -0.135. The Kier molecular flexibility index (Phi) is 5.82. The van der Waals surface area contributed by atoms with Gasteiger partial charge in [-0.3, -0.25) is 9.59 Å². The molecular formula is C22H28ClN5O2. The fourth-order valence-electron chi connectivity index (χ4n) is 4.38. The minimum Gasteiger partial charge on any atom is -0.342 e. The summed E-state index contributed by atoms with van der Waals surface area (Å²) in [6, 6.07) is 7.83. The van der Waals surface area contributed by atoms with Crippen molar-refractivity contribution < 1.29 is 9.59 Å². The van der Waals surface area contributed by atoms with Crippen molar-refractivity contribution in [2.75, 3.05) is 26.2 Å². The third-order valence-electron chi connectivity index (χ3n) is 6.46. The van der Waals surface area contributed by atoms with Gasteiger partial charge in [-0.25, -0.2) is 4.68 Å². The molecule has 1 aliphatic carbocycles. The number of halogens is 1. The van der Waals surface area contributed by atoms with E-state index in [1.807, 2.05) is 43.0 Å². The Hall–Kier alpha value is -2.41. The minimum absolute atomic E-state index is 0.0856. The summed E-state index contributed by atoms with van der Waals surface area (Å²) in [7, 11) is 0. The SMILES string of the molecule is CCN(CC)C(=O)c1cn(C2CCN(C(=O)C3(c4ccc(Cl)cc4)CC3)CC2)nn1. The van der Waals surface area contributed by atoms with Gasteiger partial charge in [0.2, 0.25) is 5.91 Å². The summed E-state index contributed by atoms with van der Waals surface area (Å²) in [6.45, 7) is 6.59. The Morgan fingerprint density at radius 3 is 2.33 bits per heavy atom. The molecule has 2 aromatic rings. The molecule has 1 saturated carbocycles. The molecular weight excluding hydrogens is 402 g/mol. The molecule has 1 aliphatic heterocycles. The average molecular weight is 430 g/mol. The highest BCUT2D eigenvalue weighted by Gasteiger charge is 2.53. The van der Waals surface area contributed by atoms with Gasteiger partial charge in [-0.2, -0.15) is 0 Å². The first kappa shape index (κ1) is 20.8. The van der Waals surface area contributed by atoms with Gasteiger partial charge in [-0.1, -0.05) is 28.9 Å². The molecule has 2 aliphatic rings. The monoisotopic (exact) mass is 429 g/mol. The number of aromatic nitrogens is 3. The summed E-state index contributed by atoms with van der Waals surface area (Å²) in [5, 5.41) is 8.98. The highest BCUT2D eigenvalue weighted by molar-refractivity contribution is 6.30. The van der Waals surface area contributed by atoms with Crippen LogP contribution in [-0.2, 0) is 10.2 Å². The number of nitrogens with zero attached hydrogens (tertiary/aromatic N) is 5. The van der Waals surface area contributed by atoms with E-state index in [0.29, 0.717) is 36.9 Å².